The molecule has 50 heavy (non-hydrogen) atoms. The lowest BCUT2D eigenvalue weighted by molar-refractivity contribution is 1.02. The number of hydrogen-bond donors (Lipinski definition) is 0. The summed E-state index contributed by atoms with van der Waals surface area (Å²) >= 11 is 0. The van der Waals surface area contributed by atoms with Crippen molar-refractivity contribution in [2.24, 2.45) is 7.05 Å². The summed E-state index contributed by atoms with van der Waals surface area (Å²) in [7, 11) is 2.22. The van der Waals surface area contributed by atoms with Crippen molar-refractivity contribution in [2.75, 3.05) is 0 Å². The Kier molecular flexibility index (Phi) is 22.6. The van der Waals surface area contributed by atoms with E-state index >= 15 is 0 Å². The third-order valence-corrected chi connectivity index (χ3v) is 7.43. The zero-order valence-electron chi connectivity index (χ0n) is 34.9. The molecule has 0 saturated carbocycles. The van der Waals surface area contributed by atoms with Crippen LogP contribution in [0.2, 0.25) is 0 Å². The van der Waals surface area contributed by atoms with Gasteiger partial charge in [-0.1, -0.05) is 202 Å². The highest BCUT2D eigenvalue weighted by Gasteiger charge is 2.26. The Morgan fingerprint density at radius 2 is 0.700 bits per heavy atom. The van der Waals surface area contributed by atoms with E-state index in [4.69, 9.17) is 0 Å². The van der Waals surface area contributed by atoms with Crippen LogP contribution in [-0.2, 0) is 7.05 Å². The lowest BCUT2D eigenvalue weighted by Gasteiger charge is -2.11. The van der Waals surface area contributed by atoms with Gasteiger partial charge in [-0.2, -0.15) is 0 Å². The van der Waals surface area contributed by atoms with E-state index in [9.17, 15) is 0 Å². The second-order valence-electron chi connectivity index (χ2n) is 9.72. The molecule has 5 aromatic carbocycles. The average Bonchev–Trinajstić information content (AvgIpc) is 3.85. The Labute approximate surface area is 306 Å². The largest absolute Gasteiger partial charge is 0.343 e. The molecule has 3 aromatic heterocycles. The molecule has 0 aliphatic carbocycles. The van der Waals surface area contributed by atoms with Crippen molar-refractivity contribution in [1.29, 1.82) is 0 Å². The fourth-order valence-corrected chi connectivity index (χ4v) is 6.18. The van der Waals surface area contributed by atoms with Crippen LogP contribution in [0.3, 0.4) is 0 Å². The normalized spacial score (nSPS) is 9.38. The smallest absolute Gasteiger partial charge is 0.0634 e. The molecule has 0 amide bonds. The monoisotopic (exact) mass is 675 g/mol. The number of rotatable bonds is 1. The maximum atomic E-state index is 2.49. The number of benzene rings is 5. The van der Waals surface area contributed by atoms with E-state index in [-0.39, 0.29) is 0 Å². The minimum atomic E-state index is 1.25. The molecule has 2 nitrogen and oxygen atoms in total. The molecular formula is C48H70N2. The molecule has 3 heterocycles. The summed E-state index contributed by atoms with van der Waals surface area (Å²) in [4.78, 5) is 0. The molecule has 8 aromatic rings. The van der Waals surface area contributed by atoms with Crippen LogP contribution in [-0.4, -0.2) is 8.97 Å². The Morgan fingerprint density at radius 3 is 1.14 bits per heavy atom. The Hall–Kier alpha value is -4.30. The summed E-state index contributed by atoms with van der Waals surface area (Å²) in [5, 5.41) is 8.02. The molecule has 0 unspecified atom stereocenters. The van der Waals surface area contributed by atoms with Crippen molar-refractivity contribution in [3.63, 3.8) is 0 Å². The van der Waals surface area contributed by atoms with Gasteiger partial charge in [0.2, 0.25) is 0 Å². The zero-order chi connectivity index (χ0) is 38.4. The maximum absolute atomic E-state index is 2.49. The van der Waals surface area contributed by atoms with Gasteiger partial charge in [0.1, 0.15) is 0 Å². The van der Waals surface area contributed by atoms with Gasteiger partial charge < -0.3 is 8.97 Å². The number of aromatic nitrogens is 2. The minimum absolute atomic E-state index is 1.25. The Balaban J connectivity index is 0.00000125. The predicted molar refractivity (Wildman–Crippen MR) is 236 cm³/mol. The van der Waals surface area contributed by atoms with Crippen molar-refractivity contribution in [2.45, 2.75) is 117 Å². The molecule has 0 N–H and O–H groups in total. The van der Waals surface area contributed by atoms with E-state index in [1.54, 1.807) is 0 Å². The van der Waals surface area contributed by atoms with Crippen LogP contribution in [0.15, 0.2) is 103 Å². The fourth-order valence-electron chi connectivity index (χ4n) is 6.18. The molecule has 0 spiro atoms. The van der Waals surface area contributed by atoms with Gasteiger partial charge >= 0.3 is 0 Å². The van der Waals surface area contributed by atoms with Gasteiger partial charge in [-0.3, -0.25) is 0 Å². The van der Waals surface area contributed by atoms with Crippen LogP contribution >= 0.6 is 0 Å². The molecule has 0 radical (unpaired) electrons. The Morgan fingerprint density at radius 1 is 0.380 bits per heavy atom. The summed E-state index contributed by atoms with van der Waals surface area (Å²) in [6, 6.07) is 37.5. The van der Waals surface area contributed by atoms with Crippen LogP contribution < -0.4 is 0 Å². The first-order valence-corrected chi connectivity index (χ1v) is 19.9. The van der Waals surface area contributed by atoms with Gasteiger partial charge in [0.15, 0.2) is 0 Å². The third kappa shape index (κ3) is 8.52. The van der Waals surface area contributed by atoms with E-state index in [2.05, 4.69) is 133 Å². The standard InChI is InChI=1S/C31H20N2.C3H8.7C2H6/c1-32-23-16-8-5-13-20(23)28-29-22-15-7-10-18-25(22)33-24-17-9-6-14-21(24)27(31(29)33)26(30(28)32)19-11-3-2-4-12-19;1-3-2;7*1-2/h2-18H,1H3;3H2,1-2H3;7*1-2H3. The van der Waals surface area contributed by atoms with Crippen LogP contribution in [0.1, 0.15) is 117 Å². The van der Waals surface area contributed by atoms with Gasteiger partial charge in [0, 0.05) is 50.4 Å². The second-order valence-corrected chi connectivity index (χ2v) is 9.72. The molecule has 0 saturated heterocycles. The van der Waals surface area contributed by atoms with Crippen molar-refractivity contribution in [3.8, 4) is 11.1 Å². The van der Waals surface area contributed by atoms with Crippen molar-refractivity contribution >= 4 is 59.9 Å². The minimum Gasteiger partial charge on any atom is -0.343 e. The summed E-state index contributed by atoms with van der Waals surface area (Å²) in [5.41, 5.74) is 9.05. The molecule has 2 heteroatoms. The number of fused-ring (bicyclic) bond motifs is 10. The maximum Gasteiger partial charge on any atom is 0.0634 e. The van der Waals surface area contributed by atoms with Crippen LogP contribution in [0.4, 0.5) is 0 Å². The molecule has 0 aliphatic rings. The molecule has 0 bridgehead atoms. The van der Waals surface area contributed by atoms with Gasteiger partial charge in [-0.15, -0.1) is 0 Å². The van der Waals surface area contributed by atoms with Crippen molar-refractivity contribution in [1.82, 2.24) is 8.97 Å². The van der Waals surface area contributed by atoms with E-state index in [0.29, 0.717) is 0 Å². The van der Waals surface area contributed by atoms with Crippen molar-refractivity contribution in [3.05, 3.63) is 103 Å². The summed E-state index contributed by atoms with van der Waals surface area (Å²) < 4.78 is 4.89. The van der Waals surface area contributed by atoms with E-state index in [1.807, 2.05) is 96.9 Å². The quantitative estimate of drug-likeness (QED) is 0.164. The Bertz CT molecular complexity index is 2040. The topological polar surface area (TPSA) is 9.34 Å². The van der Waals surface area contributed by atoms with Gasteiger partial charge in [-0.05, 0) is 23.8 Å². The van der Waals surface area contributed by atoms with Crippen molar-refractivity contribution < 1.29 is 0 Å². The first-order valence-electron chi connectivity index (χ1n) is 19.9. The SMILES string of the molecule is CC.CC.CC.CC.CC.CC.CC.CCC.Cn1c2ccccc2c2c3c4ccccc4n4c5ccccc5c(c(-c5ccccc5)c21)c34. The first kappa shape index (κ1) is 45.7. The molecule has 8 rings (SSSR count). The predicted octanol–water partition coefficient (Wildman–Crippen LogP) is 16.7. The number of para-hydroxylation sites is 3. The summed E-state index contributed by atoms with van der Waals surface area (Å²) in [6.07, 6.45) is 1.25. The highest BCUT2D eigenvalue weighted by atomic mass is 15.0. The molecule has 272 valence electrons. The summed E-state index contributed by atoms with van der Waals surface area (Å²) in [5.74, 6) is 0. The highest BCUT2D eigenvalue weighted by molar-refractivity contribution is 6.39. The van der Waals surface area contributed by atoms with Gasteiger partial charge in [0.05, 0.1) is 22.1 Å². The molecule has 0 aliphatic heterocycles. The number of nitrogens with zero attached hydrogens (tertiary/aromatic N) is 2. The molecular weight excluding hydrogens is 605 g/mol. The second kappa shape index (κ2) is 24.8. The first-order chi connectivity index (χ1) is 24.8. The molecule has 0 atom stereocenters. The van der Waals surface area contributed by atoms with E-state index in [1.165, 1.54) is 77.4 Å². The van der Waals surface area contributed by atoms with Crippen LogP contribution in [0.5, 0.6) is 0 Å². The lowest BCUT2D eigenvalue weighted by atomic mass is 9.93. The summed E-state index contributed by atoms with van der Waals surface area (Å²) in [6.45, 7) is 32.2. The van der Waals surface area contributed by atoms with E-state index in [0.717, 1.165) is 0 Å². The average molecular weight is 675 g/mol. The number of aryl methyl sites for hydroxylation is 1. The van der Waals surface area contributed by atoms with Crippen LogP contribution in [0, 0.1) is 0 Å². The fraction of sp³-hybridized carbons (Fsp3) is 0.375. The van der Waals surface area contributed by atoms with Gasteiger partial charge in [-0.25, -0.2) is 0 Å². The van der Waals surface area contributed by atoms with E-state index < -0.39 is 0 Å². The number of hydrogen-bond acceptors (Lipinski definition) is 0. The van der Waals surface area contributed by atoms with Gasteiger partial charge in [0.25, 0.3) is 0 Å². The van der Waals surface area contributed by atoms with Crippen LogP contribution in [0.25, 0.3) is 71.0 Å². The third-order valence-electron chi connectivity index (χ3n) is 7.43. The highest BCUT2D eigenvalue weighted by Crippen LogP contribution is 2.50. The lowest BCUT2D eigenvalue weighted by Crippen LogP contribution is -1.91. The molecule has 0 fully saturated rings. The zero-order valence-corrected chi connectivity index (χ0v) is 34.9.